The van der Waals surface area contributed by atoms with Crippen LogP contribution < -0.4 is 15.4 Å². The fourth-order valence-corrected chi connectivity index (χ4v) is 2.91. The fraction of sp³-hybridized carbons (Fsp3) is 0.217. The molecule has 0 aliphatic heterocycles. The number of nitrogens with one attached hydrogen (secondary N) is 2. The maximum Gasteiger partial charge on any atom is 0.416 e. The lowest BCUT2D eigenvalue weighted by molar-refractivity contribution is -0.137. The van der Waals surface area contributed by atoms with E-state index in [4.69, 9.17) is 9.47 Å². The van der Waals surface area contributed by atoms with Crippen molar-refractivity contribution in [2.45, 2.75) is 25.7 Å². The van der Waals surface area contributed by atoms with E-state index in [0.29, 0.717) is 0 Å². The number of alkyl halides is 3. The predicted molar refractivity (Wildman–Crippen MR) is 117 cm³/mol. The summed E-state index contributed by atoms with van der Waals surface area (Å²) >= 11 is 0. The summed E-state index contributed by atoms with van der Waals surface area (Å²) in [6.45, 7) is 1.42. The van der Waals surface area contributed by atoms with Gasteiger partial charge < -0.3 is 14.8 Å². The van der Waals surface area contributed by atoms with Crippen LogP contribution in [0.2, 0.25) is 0 Å². The first kappa shape index (κ1) is 25.3. The molecule has 1 aromatic heterocycles. The van der Waals surface area contributed by atoms with Gasteiger partial charge in [-0.15, -0.1) is 0 Å². The average Bonchev–Trinajstić information content (AvgIpc) is 3.28. The molecule has 2 aromatic carbocycles. The quantitative estimate of drug-likeness (QED) is 0.491. The largest absolute Gasteiger partial charge is 0.493 e. The van der Waals surface area contributed by atoms with Gasteiger partial charge in [-0.05, 0) is 30.7 Å². The number of benzene rings is 2. The monoisotopic (exact) mass is 490 g/mol. The summed E-state index contributed by atoms with van der Waals surface area (Å²) in [5.41, 5.74) is -0.418. The van der Waals surface area contributed by atoms with E-state index >= 15 is 0 Å². The lowest BCUT2D eigenvalue weighted by Crippen LogP contribution is -2.44. The van der Waals surface area contributed by atoms with Crippen LogP contribution in [0.5, 0.6) is 5.75 Å². The van der Waals surface area contributed by atoms with Crippen LogP contribution in [0, 0.1) is 0 Å². The molecule has 0 saturated carbocycles. The van der Waals surface area contributed by atoms with Crippen molar-refractivity contribution in [3.05, 3.63) is 77.6 Å². The highest BCUT2D eigenvalue weighted by atomic mass is 19.4. The zero-order chi connectivity index (χ0) is 25.6. The first-order chi connectivity index (χ1) is 16.6. The number of amides is 3. The molecule has 0 aliphatic carbocycles. The molecule has 2 N–H and O–H groups in total. The SMILES string of the molecule is COc1cn(-c2cccc(C(F)(F)F)c2)nc1C(=O)OC(C)C(=O)NC(=O)NCc1ccccc1. The second kappa shape index (κ2) is 10.7. The van der Waals surface area contributed by atoms with Crippen molar-refractivity contribution in [1.29, 1.82) is 0 Å². The molecule has 0 bridgehead atoms. The van der Waals surface area contributed by atoms with Crippen molar-refractivity contribution in [1.82, 2.24) is 20.4 Å². The first-order valence-corrected chi connectivity index (χ1v) is 10.2. The smallest absolute Gasteiger partial charge is 0.416 e. The number of hydrogen-bond donors (Lipinski definition) is 2. The van der Waals surface area contributed by atoms with Gasteiger partial charge in [-0.2, -0.15) is 18.3 Å². The van der Waals surface area contributed by atoms with E-state index in [9.17, 15) is 27.6 Å². The number of rotatable bonds is 7. The molecule has 35 heavy (non-hydrogen) atoms. The number of methoxy groups -OCH3 is 1. The molecule has 0 fully saturated rings. The van der Waals surface area contributed by atoms with Gasteiger partial charge in [0, 0.05) is 6.54 Å². The highest BCUT2D eigenvalue weighted by molar-refractivity contribution is 5.98. The summed E-state index contributed by atoms with van der Waals surface area (Å²) < 4.78 is 50.2. The van der Waals surface area contributed by atoms with Gasteiger partial charge in [-0.25, -0.2) is 14.3 Å². The van der Waals surface area contributed by atoms with Crippen LogP contribution in [0.1, 0.15) is 28.5 Å². The summed E-state index contributed by atoms with van der Waals surface area (Å²) in [4.78, 5) is 36.7. The minimum Gasteiger partial charge on any atom is -0.493 e. The Bertz CT molecular complexity index is 1210. The lowest BCUT2D eigenvalue weighted by Gasteiger charge is -2.13. The van der Waals surface area contributed by atoms with Crippen LogP contribution in [-0.4, -0.2) is 40.9 Å². The Hall–Kier alpha value is -4.35. The normalized spacial score (nSPS) is 11.9. The maximum absolute atomic E-state index is 13.0. The predicted octanol–water partition coefficient (Wildman–Crippen LogP) is 3.47. The van der Waals surface area contributed by atoms with Crippen LogP contribution in [-0.2, 0) is 22.3 Å². The molecule has 3 aromatic rings. The average molecular weight is 490 g/mol. The highest BCUT2D eigenvalue weighted by Crippen LogP contribution is 2.31. The summed E-state index contributed by atoms with van der Waals surface area (Å²) in [5, 5.41) is 8.50. The van der Waals surface area contributed by atoms with Gasteiger partial charge in [0.2, 0.25) is 5.69 Å². The number of imide groups is 1. The molecule has 12 heteroatoms. The fourth-order valence-electron chi connectivity index (χ4n) is 2.91. The van der Waals surface area contributed by atoms with E-state index in [0.717, 1.165) is 22.4 Å². The van der Waals surface area contributed by atoms with Crippen molar-refractivity contribution in [2.24, 2.45) is 0 Å². The number of carbonyl (C=O) groups excluding carboxylic acids is 3. The van der Waals surface area contributed by atoms with E-state index in [1.54, 1.807) is 24.3 Å². The number of halogens is 3. The van der Waals surface area contributed by atoms with Crippen molar-refractivity contribution in [2.75, 3.05) is 7.11 Å². The number of esters is 1. The second-order valence-corrected chi connectivity index (χ2v) is 7.24. The van der Waals surface area contributed by atoms with E-state index in [-0.39, 0.29) is 23.7 Å². The summed E-state index contributed by atoms with van der Waals surface area (Å²) in [5.74, 6) is -2.04. The molecular formula is C23H21F3N4O5. The Morgan fingerprint density at radius 2 is 1.80 bits per heavy atom. The number of aromatic nitrogens is 2. The van der Waals surface area contributed by atoms with Gasteiger partial charge >= 0.3 is 18.2 Å². The third kappa shape index (κ3) is 6.59. The zero-order valence-corrected chi connectivity index (χ0v) is 18.6. The number of urea groups is 1. The van der Waals surface area contributed by atoms with Crippen LogP contribution in [0.3, 0.4) is 0 Å². The zero-order valence-electron chi connectivity index (χ0n) is 18.6. The van der Waals surface area contributed by atoms with Gasteiger partial charge in [0.1, 0.15) is 0 Å². The molecule has 0 saturated heterocycles. The molecule has 0 spiro atoms. The highest BCUT2D eigenvalue weighted by Gasteiger charge is 2.31. The minimum atomic E-state index is -4.56. The molecule has 1 unspecified atom stereocenters. The van der Waals surface area contributed by atoms with Crippen molar-refractivity contribution in [3.8, 4) is 11.4 Å². The van der Waals surface area contributed by atoms with Gasteiger partial charge in [0.05, 0.1) is 24.6 Å². The summed E-state index contributed by atoms with van der Waals surface area (Å²) in [6.07, 6.45) is -4.74. The van der Waals surface area contributed by atoms with Crippen LogP contribution in [0.25, 0.3) is 5.69 Å². The molecule has 1 heterocycles. The Morgan fingerprint density at radius 1 is 1.09 bits per heavy atom. The number of carbonyl (C=O) groups is 3. The number of nitrogens with zero attached hydrogens (tertiary/aromatic N) is 2. The Labute approximate surface area is 197 Å². The first-order valence-electron chi connectivity index (χ1n) is 10.2. The molecule has 3 rings (SSSR count). The van der Waals surface area contributed by atoms with E-state index < -0.39 is 35.8 Å². The molecule has 0 radical (unpaired) electrons. The minimum absolute atomic E-state index is 0.0260. The van der Waals surface area contributed by atoms with Crippen LogP contribution in [0.15, 0.2) is 60.8 Å². The third-order valence-corrected chi connectivity index (χ3v) is 4.72. The molecule has 0 aliphatic rings. The van der Waals surface area contributed by atoms with Crippen LogP contribution in [0.4, 0.5) is 18.0 Å². The topological polar surface area (TPSA) is 112 Å². The third-order valence-electron chi connectivity index (χ3n) is 4.72. The summed E-state index contributed by atoms with van der Waals surface area (Å²) in [7, 11) is 1.23. The summed E-state index contributed by atoms with van der Waals surface area (Å²) in [6, 6.07) is 12.5. The Balaban J connectivity index is 1.64. The lowest BCUT2D eigenvalue weighted by atomic mass is 10.2. The molecule has 184 valence electrons. The van der Waals surface area contributed by atoms with E-state index in [2.05, 4.69) is 15.7 Å². The van der Waals surface area contributed by atoms with Gasteiger partial charge in [-0.1, -0.05) is 36.4 Å². The van der Waals surface area contributed by atoms with E-state index in [1.165, 1.54) is 32.4 Å². The Morgan fingerprint density at radius 3 is 2.46 bits per heavy atom. The molecular weight excluding hydrogens is 469 g/mol. The van der Waals surface area contributed by atoms with Crippen molar-refractivity contribution < 1.29 is 37.0 Å². The standard InChI is InChI=1S/C23H21F3N4O5/c1-14(20(31)28-22(33)27-12-15-7-4-3-5-8-15)35-21(32)19-18(34-2)13-30(29-19)17-10-6-9-16(11-17)23(24,25)26/h3-11,13-14H,12H2,1-2H3,(H2,27,28,31,33). The second-order valence-electron chi connectivity index (χ2n) is 7.24. The number of ether oxygens (including phenoxy) is 2. The number of hydrogen-bond acceptors (Lipinski definition) is 6. The maximum atomic E-state index is 13.0. The van der Waals surface area contributed by atoms with E-state index in [1.807, 2.05) is 6.07 Å². The molecule has 9 nitrogen and oxygen atoms in total. The van der Waals surface area contributed by atoms with Crippen molar-refractivity contribution in [3.63, 3.8) is 0 Å². The molecule has 3 amide bonds. The van der Waals surface area contributed by atoms with Gasteiger partial charge in [0.15, 0.2) is 11.9 Å². The van der Waals surface area contributed by atoms with Crippen LogP contribution >= 0.6 is 0 Å². The van der Waals surface area contributed by atoms with Crippen molar-refractivity contribution >= 4 is 17.9 Å². The molecule has 1 atom stereocenters. The van der Waals surface area contributed by atoms with Gasteiger partial charge in [-0.3, -0.25) is 10.1 Å². The Kier molecular flexibility index (Phi) is 7.74. The van der Waals surface area contributed by atoms with Gasteiger partial charge in [0.25, 0.3) is 5.91 Å².